The molecule has 2 N–H and O–H groups in total. The van der Waals surface area contributed by atoms with Gasteiger partial charge in [-0.25, -0.2) is 4.79 Å². The molecule has 2 aliphatic heterocycles. The number of aliphatic hydroxyl groups is 1. The molecule has 2 atom stereocenters. The summed E-state index contributed by atoms with van der Waals surface area (Å²) in [7, 11) is 4.13. The highest BCUT2D eigenvalue weighted by molar-refractivity contribution is 6.40. The summed E-state index contributed by atoms with van der Waals surface area (Å²) in [6.07, 6.45) is 0. The number of halogens is 3. The Morgan fingerprint density at radius 2 is 1.68 bits per heavy atom. The standard InChI is InChI=1S/C29H31Cl3N4O2/c1-34(2)10-11-35-15-19(17-37)23(16-35)18-12-21(20-6-3-4-7-24(20)30)22-14-33-29(38)36(27(22)13-18)28-25(31)8-5-9-26(28)32/h3-9,12-13,19,23,37H,10-11,14-17H2,1-2H3,(H,33,38)/t19-,23?/m1/s1. The number of hydrogen-bond donors (Lipinski definition) is 2. The molecule has 0 radical (unpaired) electrons. The van der Waals surface area contributed by atoms with Crippen molar-refractivity contribution in [1.29, 1.82) is 0 Å². The van der Waals surface area contributed by atoms with Crippen molar-refractivity contribution in [3.8, 4) is 11.1 Å². The van der Waals surface area contributed by atoms with Gasteiger partial charge in [-0.15, -0.1) is 0 Å². The van der Waals surface area contributed by atoms with Crippen LogP contribution >= 0.6 is 34.8 Å². The predicted octanol–water partition coefficient (Wildman–Crippen LogP) is 6.24. The number of likely N-dealkylation sites (tertiary alicyclic amines) is 1. The zero-order valence-corrected chi connectivity index (χ0v) is 23.7. The minimum Gasteiger partial charge on any atom is -0.396 e. The Morgan fingerprint density at radius 1 is 0.974 bits per heavy atom. The van der Waals surface area contributed by atoms with Crippen molar-refractivity contribution in [1.82, 2.24) is 15.1 Å². The molecule has 6 nitrogen and oxygen atoms in total. The Labute approximate surface area is 238 Å². The Balaban J connectivity index is 1.68. The van der Waals surface area contributed by atoms with Crippen LogP contribution < -0.4 is 10.2 Å². The van der Waals surface area contributed by atoms with Crippen molar-refractivity contribution in [2.24, 2.45) is 5.92 Å². The van der Waals surface area contributed by atoms with Gasteiger partial charge < -0.3 is 20.2 Å². The molecule has 1 saturated heterocycles. The fourth-order valence-corrected chi connectivity index (χ4v) is 6.33. The zero-order valence-electron chi connectivity index (χ0n) is 21.4. The van der Waals surface area contributed by atoms with Crippen molar-refractivity contribution in [3.63, 3.8) is 0 Å². The summed E-state index contributed by atoms with van der Waals surface area (Å²) in [6.45, 7) is 3.93. The molecule has 2 amide bonds. The van der Waals surface area contributed by atoms with Gasteiger partial charge in [0.15, 0.2) is 0 Å². The Kier molecular flexibility index (Phi) is 8.19. The second-order valence-electron chi connectivity index (χ2n) is 10.2. The molecule has 0 spiro atoms. The van der Waals surface area contributed by atoms with Crippen molar-refractivity contribution in [2.75, 3.05) is 51.8 Å². The van der Waals surface area contributed by atoms with Gasteiger partial charge in [-0.1, -0.05) is 65.1 Å². The third-order valence-electron chi connectivity index (χ3n) is 7.48. The molecule has 200 valence electrons. The Morgan fingerprint density at radius 3 is 2.37 bits per heavy atom. The number of urea groups is 1. The third kappa shape index (κ3) is 5.26. The fourth-order valence-electron chi connectivity index (χ4n) is 5.52. The maximum atomic E-state index is 13.3. The first-order valence-corrected chi connectivity index (χ1v) is 13.8. The summed E-state index contributed by atoms with van der Waals surface area (Å²) in [6, 6.07) is 16.9. The van der Waals surface area contributed by atoms with E-state index in [0.29, 0.717) is 27.3 Å². The van der Waals surface area contributed by atoms with E-state index in [4.69, 9.17) is 34.8 Å². The van der Waals surface area contributed by atoms with E-state index in [1.165, 1.54) is 0 Å². The molecule has 3 aromatic rings. The lowest BCUT2D eigenvalue weighted by Gasteiger charge is -2.34. The van der Waals surface area contributed by atoms with E-state index < -0.39 is 0 Å². The van der Waals surface area contributed by atoms with Crippen LogP contribution in [0.2, 0.25) is 15.1 Å². The molecule has 3 aromatic carbocycles. The van der Waals surface area contributed by atoms with Crippen LogP contribution in [-0.4, -0.2) is 67.8 Å². The molecule has 0 aliphatic carbocycles. The maximum Gasteiger partial charge on any atom is 0.326 e. The normalized spacial score (nSPS) is 19.7. The van der Waals surface area contributed by atoms with Crippen LogP contribution in [-0.2, 0) is 6.54 Å². The number of rotatable bonds is 7. The van der Waals surface area contributed by atoms with Crippen molar-refractivity contribution in [2.45, 2.75) is 12.5 Å². The van der Waals surface area contributed by atoms with Crippen LogP contribution in [0.15, 0.2) is 54.6 Å². The molecule has 1 fully saturated rings. The SMILES string of the molecule is CN(C)CCN1CC(c2cc(-c3ccccc3Cl)c3c(c2)N(c2c(Cl)cccc2Cl)C(=O)NC3)[C@@H](CO)C1. The highest BCUT2D eigenvalue weighted by atomic mass is 35.5. The molecule has 2 heterocycles. The molecule has 0 saturated carbocycles. The highest BCUT2D eigenvalue weighted by Crippen LogP contribution is 2.46. The number of benzene rings is 3. The number of nitrogens with one attached hydrogen (secondary N) is 1. The number of nitrogens with zero attached hydrogens (tertiary/aromatic N) is 3. The number of amides is 2. The maximum absolute atomic E-state index is 13.3. The largest absolute Gasteiger partial charge is 0.396 e. The average Bonchev–Trinajstić information content (AvgIpc) is 3.32. The summed E-state index contributed by atoms with van der Waals surface area (Å²) in [5.41, 5.74) is 4.97. The van der Waals surface area contributed by atoms with Gasteiger partial charge in [-0.2, -0.15) is 0 Å². The summed E-state index contributed by atoms with van der Waals surface area (Å²) < 4.78 is 0. The molecule has 2 aliphatic rings. The van der Waals surface area contributed by atoms with E-state index in [1.807, 2.05) is 24.3 Å². The second-order valence-corrected chi connectivity index (χ2v) is 11.4. The quantitative estimate of drug-likeness (QED) is 0.351. The molecule has 9 heteroatoms. The van der Waals surface area contributed by atoms with Crippen LogP contribution in [0.4, 0.5) is 16.2 Å². The number of anilines is 2. The highest BCUT2D eigenvalue weighted by Gasteiger charge is 2.36. The first kappa shape index (κ1) is 27.3. The first-order chi connectivity index (χ1) is 18.3. The average molecular weight is 574 g/mol. The second kappa shape index (κ2) is 11.4. The van der Waals surface area contributed by atoms with E-state index in [9.17, 15) is 9.90 Å². The molecular weight excluding hydrogens is 543 g/mol. The summed E-state index contributed by atoms with van der Waals surface area (Å²) >= 11 is 19.9. The molecule has 1 unspecified atom stereocenters. The van der Waals surface area contributed by atoms with E-state index >= 15 is 0 Å². The molecular formula is C29H31Cl3N4O2. The Hall–Kier alpha value is -2.32. The van der Waals surface area contributed by atoms with Crippen LogP contribution in [0.5, 0.6) is 0 Å². The molecule has 0 aromatic heterocycles. The topological polar surface area (TPSA) is 59.0 Å². The van der Waals surface area contributed by atoms with Gasteiger partial charge >= 0.3 is 6.03 Å². The summed E-state index contributed by atoms with van der Waals surface area (Å²) in [5, 5.41) is 14.7. The zero-order chi connectivity index (χ0) is 27.0. The van der Waals surface area contributed by atoms with E-state index in [-0.39, 0.29) is 24.5 Å². The minimum atomic E-state index is -0.299. The summed E-state index contributed by atoms with van der Waals surface area (Å²) in [4.78, 5) is 19.5. The number of fused-ring (bicyclic) bond motifs is 1. The monoisotopic (exact) mass is 572 g/mol. The van der Waals surface area contributed by atoms with Gasteiger partial charge in [0.2, 0.25) is 0 Å². The van der Waals surface area contributed by atoms with E-state index in [2.05, 4.69) is 41.3 Å². The number of para-hydroxylation sites is 1. The van der Waals surface area contributed by atoms with Crippen LogP contribution in [0.25, 0.3) is 11.1 Å². The Bertz CT molecular complexity index is 1330. The number of carbonyl (C=O) groups excluding carboxylic acids is 1. The number of hydrogen-bond acceptors (Lipinski definition) is 4. The van der Waals surface area contributed by atoms with Crippen LogP contribution in [0.3, 0.4) is 0 Å². The van der Waals surface area contributed by atoms with E-state index in [0.717, 1.165) is 54.1 Å². The van der Waals surface area contributed by atoms with Crippen LogP contribution in [0.1, 0.15) is 17.0 Å². The third-order valence-corrected chi connectivity index (χ3v) is 8.42. The number of likely N-dealkylation sites (N-methyl/N-ethyl adjacent to an activating group) is 1. The lowest BCUT2D eigenvalue weighted by Crippen LogP contribution is -2.42. The van der Waals surface area contributed by atoms with Gasteiger partial charge in [0.25, 0.3) is 0 Å². The number of carbonyl (C=O) groups is 1. The van der Waals surface area contributed by atoms with Gasteiger partial charge in [-0.05, 0) is 49.5 Å². The van der Waals surface area contributed by atoms with Gasteiger partial charge in [-0.3, -0.25) is 4.90 Å². The lowest BCUT2D eigenvalue weighted by atomic mass is 9.85. The first-order valence-electron chi connectivity index (χ1n) is 12.7. The molecule has 38 heavy (non-hydrogen) atoms. The number of aliphatic hydroxyl groups excluding tert-OH is 1. The van der Waals surface area contributed by atoms with Gasteiger partial charge in [0.05, 0.1) is 21.4 Å². The van der Waals surface area contributed by atoms with Crippen LogP contribution in [0, 0.1) is 5.92 Å². The van der Waals surface area contributed by atoms with Crippen molar-refractivity contribution < 1.29 is 9.90 Å². The fraction of sp³-hybridized carbons (Fsp3) is 0.345. The molecule has 5 rings (SSSR count). The van der Waals surface area contributed by atoms with Gasteiger partial charge in [0, 0.05) is 67.3 Å². The van der Waals surface area contributed by atoms with Gasteiger partial charge in [0.1, 0.15) is 0 Å². The lowest BCUT2D eigenvalue weighted by molar-refractivity contribution is 0.211. The minimum absolute atomic E-state index is 0.0732. The molecule has 0 bridgehead atoms. The van der Waals surface area contributed by atoms with E-state index in [1.54, 1.807) is 23.1 Å². The smallest absolute Gasteiger partial charge is 0.326 e. The predicted molar refractivity (Wildman–Crippen MR) is 156 cm³/mol. The summed E-state index contributed by atoms with van der Waals surface area (Å²) in [5.74, 6) is 0.159. The van der Waals surface area contributed by atoms with Crippen molar-refractivity contribution in [3.05, 3.63) is 80.8 Å². The van der Waals surface area contributed by atoms with Crippen molar-refractivity contribution >= 4 is 52.2 Å².